The summed E-state index contributed by atoms with van der Waals surface area (Å²) in [5.41, 5.74) is 0. The maximum absolute atomic E-state index is 3.15. The zero-order valence-corrected chi connectivity index (χ0v) is 5.01. The molecule has 0 amide bonds. The fraction of sp³-hybridized carbons (Fsp3) is 1.00. The second-order valence-electron chi connectivity index (χ2n) is 0.267. The van der Waals surface area contributed by atoms with Crippen molar-refractivity contribution in [3.8, 4) is 0 Å². The summed E-state index contributed by atoms with van der Waals surface area (Å²) >= 11 is 3.15. The van der Waals surface area contributed by atoms with Crippen LogP contribution in [0.2, 0.25) is 0 Å². The van der Waals surface area contributed by atoms with Crippen molar-refractivity contribution in [3.63, 3.8) is 0 Å². The fourth-order valence-corrected chi connectivity index (χ4v) is 0. The summed E-state index contributed by atoms with van der Waals surface area (Å²) < 4.78 is 0. The van der Waals surface area contributed by atoms with Crippen LogP contribution in [0.1, 0.15) is 6.92 Å². The highest BCUT2D eigenvalue weighted by atomic mass is 79.9. The highest BCUT2D eigenvalue weighted by Gasteiger charge is 1.38. The third-order valence-electron chi connectivity index (χ3n) is 0. The maximum Gasteiger partial charge on any atom is 0.000281 e. The molecule has 2 heteroatoms. The minimum atomic E-state index is 0. The molecule has 0 aromatic carbocycles. The average molecular weight is 140 g/mol. The van der Waals surface area contributed by atoms with Gasteiger partial charge in [-0.05, 0) is 0 Å². The van der Waals surface area contributed by atoms with Gasteiger partial charge in [0.05, 0.1) is 0 Å². The van der Waals surface area contributed by atoms with Crippen molar-refractivity contribution < 1.29 is 0 Å². The zero-order valence-electron chi connectivity index (χ0n) is 2.53. The number of alkyl halides is 1. The molecule has 0 aliphatic rings. The lowest BCUT2D eigenvalue weighted by atomic mass is 11.0. The average Bonchev–Trinajstić information content (AvgIpc) is 0.918. The Labute approximate surface area is 38.7 Å². The molecule has 0 aromatic heterocycles. The topological polar surface area (TPSA) is 0 Å². The van der Waals surface area contributed by atoms with Crippen LogP contribution in [0.15, 0.2) is 0 Å². The van der Waals surface area contributed by atoms with Gasteiger partial charge < -0.3 is 0 Å². The number of hydrogen-bond donors (Lipinski definition) is 0. The molecule has 0 aliphatic carbocycles. The van der Waals surface area contributed by atoms with Crippen molar-refractivity contribution >= 4 is 25.8 Å². The molecule has 0 unspecified atom stereocenters. The smallest absolute Gasteiger partial charge is 0.000281 e. The Bertz CT molecular complexity index is 6.00. The van der Waals surface area contributed by atoms with E-state index >= 15 is 0 Å². The van der Waals surface area contributed by atoms with Crippen LogP contribution in [0.4, 0.5) is 0 Å². The summed E-state index contributed by atoms with van der Waals surface area (Å²) in [6.07, 6.45) is 0. The Morgan fingerprint density at radius 2 is 1.75 bits per heavy atom. The standard InChI is InChI=1S/C2H5Br.P/c1-2-3;/h2H2,1H3;. The molecule has 0 fully saturated rings. The van der Waals surface area contributed by atoms with Gasteiger partial charge in [-0.15, -0.1) is 0 Å². The van der Waals surface area contributed by atoms with Crippen molar-refractivity contribution in [1.82, 2.24) is 0 Å². The first-order valence-corrected chi connectivity index (χ1v) is 2.10. The molecular formula is C2H5BrP. The molecule has 0 saturated heterocycles. The Hall–Kier alpha value is 0.910. The lowest BCUT2D eigenvalue weighted by Gasteiger charge is -1.45. The molecule has 25 valence electrons. The van der Waals surface area contributed by atoms with E-state index in [-0.39, 0.29) is 9.90 Å². The molecule has 3 radical (unpaired) electrons. The van der Waals surface area contributed by atoms with E-state index < -0.39 is 0 Å². The predicted octanol–water partition coefficient (Wildman–Crippen LogP) is 2.26. The van der Waals surface area contributed by atoms with E-state index in [1.807, 2.05) is 6.92 Å². The summed E-state index contributed by atoms with van der Waals surface area (Å²) in [7, 11) is 0. The van der Waals surface area contributed by atoms with Gasteiger partial charge in [-0.1, -0.05) is 22.9 Å². The second kappa shape index (κ2) is 9.08. The first-order valence-electron chi connectivity index (χ1n) is 0.974. The maximum atomic E-state index is 3.15. The molecule has 0 aromatic rings. The Balaban J connectivity index is 0. The van der Waals surface area contributed by atoms with E-state index in [1.165, 1.54) is 0 Å². The van der Waals surface area contributed by atoms with Gasteiger partial charge in [-0.3, -0.25) is 0 Å². The Morgan fingerprint density at radius 3 is 1.75 bits per heavy atom. The Morgan fingerprint density at radius 1 is 1.75 bits per heavy atom. The van der Waals surface area contributed by atoms with Gasteiger partial charge in [0.2, 0.25) is 0 Å². The summed E-state index contributed by atoms with van der Waals surface area (Å²) in [5, 5.41) is 1.06. The molecule has 0 heterocycles. The summed E-state index contributed by atoms with van der Waals surface area (Å²) in [6, 6.07) is 0. The second-order valence-corrected chi connectivity index (χ2v) is 1.39. The Kier molecular flexibility index (Phi) is 20.1. The third kappa shape index (κ3) is 12.8. The van der Waals surface area contributed by atoms with Crippen molar-refractivity contribution in [2.24, 2.45) is 0 Å². The predicted molar refractivity (Wildman–Crippen MR) is 26.4 cm³/mol. The van der Waals surface area contributed by atoms with Gasteiger partial charge in [0, 0.05) is 15.2 Å². The molecule has 0 N–H and O–H groups in total. The van der Waals surface area contributed by atoms with Crippen molar-refractivity contribution in [2.45, 2.75) is 6.92 Å². The molecule has 0 aliphatic heterocycles. The van der Waals surface area contributed by atoms with Crippen LogP contribution in [0.5, 0.6) is 0 Å². The third-order valence-corrected chi connectivity index (χ3v) is 0. The molecule has 4 heavy (non-hydrogen) atoms. The molecule has 0 nitrogen and oxygen atoms in total. The van der Waals surface area contributed by atoms with Crippen LogP contribution in [0.3, 0.4) is 0 Å². The van der Waals surface area contributed by atoms with E-state index in [0.717, 1.165) is 5.33 Å². The van der Waals surface area contributed by atoms with Crippen LogP contribution in [0.25, 0.3) is 0 Å². The molecular weight excluding hydrogens is 135 g/mol. The van der Waals surface area contributed by atoms with Crippen LogP contribution >= 0.6 is 25.8 Å². The quantitative estimate of drug-likeness (QED) is 0.357. The van der Waals surface area contributed by atoms with E-state index in [1.54, 1.807) is 0 Å². The van der Waals surface area contributed by atoms with E-state index in [0.29, 0.717) is 0 Å². The summed E-state index contributed by atoms with van der Waals surface area (Å²) in [5.74, 6) is 0. The van der Waals surface area contributed by atoms with Gasteiger partial charge in [0.1, 0.15) is 0 Å². The van der Waals surface area contributed by atoms with Gasteiger partial charge in [-0.25, -0.2) is 0 Å². The van der Waals surface area contributed by atoms with Crippen molar-refractivity contribution in [3.05, 3.63) is 0 Å². The van der Waals surface area contributed by atoms with Crippen LogP contribution in [-0.2, 0) is 0 Å². The van der Waals surface area contributed by atoms with E-state index in [4.69, 9.17) is 0 Å². The van der Waals surface area contributed by atoms with E-state index in [9.17, 15) is 0 Å². The normalized spacial score (nSPS) is 4.50. The van der Waals surface area contributed by atoms with Crippen LogP contribution < -0.4 is 0 Å². The zero-order chi connectivity index (χ0) is 2.71. The lowest BCUT2D eigenvalue weighted by Crippen LogP contribution is -1.34. The molecule has 0 atom stereocenters. The summed E-state index contributed by atoms with van der Waals surface area (Å²) in [4.78, 5) is 0. The number of hydrogen-bond acceptors (Lipinski definition) is 0. The molecule has 0 saturated carbocycles. The van der Waals surface area contributed by atoms with Gasteiger partial charge in [0.25, 0.3) is 0 Å². The molecule has 0 bridgehead atoms. The number of halogens is 1. The molecule has 0 rings (SSSR count). The number of rotatable bonds is 0. The van der Waals surface area contributed by atoms with Crippen LogP contribution in [-0.4, -0.2) is 5.33 Å². The van der Waals surface area contributed by atoms with Crippen LogP contribution in [0, 0.1) is 0 Å². The largest absolute Gasteiger partial charge is 0.0931 e. The SMILES string of the molecule is CCBr.[P]. The molecule has 0 spiro atoms. The van der Waals surface area contributed by atoms with Gasteiger partial charge >= 0.3 is 0 Å². The lowest BCUT2D eigenvalue weighted by molar-refractivity contribution is 1.56. The fourth-order valence-electron chi connectivity index (χ4n) is 0. The monoisotopic (exact) mass is 139 g/mol. The minimum absolute atomic E-state index is 0. The van der Waals surface area contributed by atoms with Gasteiger partial charge in [-0.2, -0.15) is 0 Å². The first kappa shape index (κ1) is 8.86. The summed E-state index contributed by atoms with van der Waals surface area (Å²) in [6.45, 7) is 2.04. The highest BCUT2D eigenvalue weighted by Crippen LogP contribution is 1.67. The van der Waals surface area contributed by atoms with E-state index in [2.05, 4.69) is 15.9 Å². The first-order chi connectivity index (χ1) is 1.41. The van der Waals surface area contributed by atoms with Crippen molar-refractivity contribution in [2.75, 3.05) is 5.33 Å². The van der Waals surface area contributed by atoms with Gasteiger partial charge in [0.15, 0.2) is 0 Å². The minimum Gasteiger partial charge on any atom is -0.0931 e. The van der Waals surface area contributed by atoms with Crippen molar-refractivity contribution in [1.29, 1.82) is 0 Å². The highest BCUT2D eigenvalue weighted by molar-refractivity contribution is 9.09.